The summed E-state index contributed by atoms with van der Waals surface area (Å²) in [5.41, 5.74) is 4.26. The van der Waals surface area contributed by atoms with E-state index in [4.69, 9.17) is 4.74 Å². The number of aromatic nitrogens is 3. The van der Waals surface area contributed by atoms with Gasteiger partial charge in [-0.05, 0) is 62.1 Å². The normalized spacial score (nSPS) is 11.8. The van der Waals surface area contributed by atoms with Crippen LogP contribution < -0.4 is 4.74 Å². The largest absolute Gasteiger partial charge is 0.416 e. The maximum absolute atomic E-state index is 13.7. The Labute approximate surface area is 174 Å². The van der Waals surface area contributed by atoms with E-state index in [1.54, 1.807) is 28.0 Å². The fraction of sp³-hybridized carbons (Fsp3) is 0.286. The molecule has 3 aromatic rings. The zero-order valence-electron chi connectivity index (χ0n) is 16.3. The summed E-state index contributed by atoms with van der Waals surface area (Å²) in [5, 5.41) is 4.60. The summed E-state index contributed by atoms with van der Waals surface area (Å²) in [5.74, 6) is -0.0262. The molecule has 2 heterocycles. The van der Waals surface area contributed by atoms with Gasteiger partial charge in [-0.2, -0.15) is 0 Å². The molecule has 0 radical (unpaired) electrons. The number of pyridine rings is 1. The average molecular weight is 417 g/mol. The number of hydrogen-bond acceptors (Lipinski definition) is 4. The first-order valence-corrected chi connectivity index (χ1v) is 9.40. The van der Waals surface area contributed by atoms with Crippen LogP contribution >= 0.6 is 12.4 Å². The van der Waals surface area contributed by atoms with Crippen molar-refractivity contribution in [2.24, 2.45) is 0 Å². The summed E-state index contributed by atoms with van der Waals surface area (Å²) >= 11 is 0. The molecule has 2 aromatic heterocycles. The van der Waals surface area contributed by atoms with E-state index in [9.17, 15) is 9.18 Å². The second-order valence-corrected chi connectivity index (χ2v) is 6.59. The second-order valence-electron chi connectivity index (χ2n) is 6.59. The van der Waals surface area contributed by atoms with Crippen molar-refractivity contribution in [3.63, 3.8) is 0 Å². The van der Waals surface area contributed by atoms with Crippen LogP contribution in [0.1, 0.15) is 25.1 Å². The highest BCUT2D eigenvalue weighted by atomic mass is 35.5. The highest BCUT2D eigenvalue weighted by Gasteiger charge is 2.29. The van der Waals surface area contributed by atoms with Gasteiger partial charge >= 0.3 is 6.09 Å². The van der Waals surface area contributed by atoms with E-state index in [1.165, 1.54) is 12.1 Å². The monoisotopic (exact) mass is 416 g/mol. The average Bonchev–Trinajstić information content (AvgIpc) is 3.08. The van der Waals surface area contributed by atoms with E-state index in [0.29, 0.717) is 25.9 Å². The number of rotatable bonds is 4. The van der Waals surface area contributed by atoms with Gasteiger partial charge in [-0.3, -0.25) is 4.98 Å². The SMILES string of the molecule is CCN(CC)C(=O)Oc1nn(-c2ccncc2)c2c1-c1ccc(F)cc1CC2.Cl. The molecule has 0 fully saturated rings. The Bertz CT molecular complexity index is 1020. The fourth-order valence-corrected chi connectivity index (χ4v) is 3.60. The number of amides is 1. The first kappa shape index (κ1) is 20.8. The van der Waals surface area contributed by atoms with Crippen molar-refractivity contribution in [3.8, 4) is 22.7 Å². The first-order chi connectivity index (χ1) is 13.6. The van der Waals surface area contributed by atoms with Crippen LogP contribution in [0.5, 0.6) is 5.88 Å². The van der Waals surface area contributed by atoms with Crippen LogP contribution in [0.15, 0.2) is 42.7 Å². The molecule has 29 heavy (non-hydrogen) atoms. The Morgan fingerprint density at radius 1 is 1.17 bits per heavy atom. The molecule has 0 saturated carbocycles. The van der Waals surface area contributed by atoms with Crippen molar-refractivity contribution in [3.05, 3.63) is 59.8 Å². The van der Waals surface area contributed by atoms with Crippen molar-refractivity contribution in [2.75, 3.05) is 13.1 Å². The van der Waals surface area contributed by atoms with Gasteiger partial charge in [0.1, 0.15) is 5.82 Å². The lowest BCUT2D eigenvalue weighted by Crippen LogP contribution is -2.33. The molecule has 0 spiro atoms. The lowest BCUT2D eigenvalue weighted by atomic mass is 9.89. The summed E-state index contributed by atoms with van der Waals surface area (Å²) in [7, 11) is 0. The van der Waals surface area contributed by atoms with Gasteiger partial charge in [0.05, 0.1) is 16.9 Å². The van der Waals surface area contributed by atoms with Gasteiger partial charge in [-0.1, -0.05) is 6.07 Å². The number of aryl methyl sites for hydroxylation is 1. The van der Waals surface area contributed by atoms with Gasteiger partial charge in [-0.15, -0.1) is 17.5 Å². The molecule has 1 aliphatic rings. The Kier molecular flexibility index (Phi) is 6.17. The number of halogens is 2. The van der Waals surface area contributed by atoms with Gasteiger partial charge < -0.3 is 9.64 Å². The standard InChI is InChI=1S/C21H21FN4O2.ClH/c1-3-25(4-2)21(27)28-20-19-17-7-6-15(22)13-14(17)5-8-18(19)26(24-20)16-9-11-23-12-10-16;/h6-7,9-13H,3-5,8H2,1-2H3;1H. The molecule has 6 nitrogen and oxygen atoms in total. The van der Waals surface area contributed by atoms with Crippen LogP contribution in [0.3, 0.4) is 0 Å². The molecule has 8 heteroatoms. The van der Waals surface area contributed by atoms with Crippen LogP contribution in [-0.4, -0.2) is 38.8 Å². The number of carbonyl (C=O) groups is 1. The molecule has 0 unspecified atom stereocenters. The molecule has 152 valence electrons. The number of nitrogens with zero attached hydrogens (tertiary/aromatic N) is 4. The molecule has 1 amide bonds. The predicted molar refractivity (Wildman–Crippen MR) is 110 cm³/mol. The number of fused-ring (bicyclic) bond motifs is 3. The van der Waals surface area contributed by atoms with Crippen LogP contribution in [0.25, 0.3) is 16.8 Å². The Hall–Kier alpha value is -2.93. The Morgan fingerprint density at radius 3 is 2.59 bits per heavy atom. The van der Waals surface area contributed by atoms with Crippen LogP contribution in [0.2, 0.25) is 0 Å². The summed E-state index contributed by atoms with van der Waals surface area (Å²) < 4.78 is 21.2. The quantitative estimate of drug-likeness (QED) is 0.631. The number of benzene rings is 1. The Morgan fingerprint density at radius 2 is 1.90 bits per heavy atom. The van der Waals surface area contributed by atoms with Crippen LogP contribution in [0, 0.1) is 5.82 Å². The topological polar surface area (TPSA) is 60.3 Å². The minimum absolute atomic E-state index is 0. The molecule has 0 saturated heterocycles. The number of carbonyl (C=O) groups excluding carboxylic acids is 1. The number of ether oxygens (including phenoxy) is 1. The van der Waals surface area contributed by atoms with Crippen molar-refractivity contribution in [1.82, 2.24) is 19.7 Å². The van der Waals surface area contributed by atoms with Crippen molar-refractivity contribution in [2.45, 2.75) is 26.7 Å². The molecule has 1 aliphatic carbocycles. The van der Waals surface area contributed by atoms with Crippen molar-refractivity contribution < 1.29 is 13.9 Å². The summed E-state index contributed by atoms with van der Waals surface area (Å²) in [4.78, 5) is 18.2. The van der Waals surface area contributed by atoms with E-state index in [-0.39, 0.29) is 24.1 Å². The predicted octanol–water partition coefficient (Wildman–Crippen LogP) is 4.43. The van der Waals surface area contributed by atoms with Crippen LogP contribution in [0.4, 0.5) is 9.18 Å². The zero-order chi connectivity index (χ0) is 19.7. The van der Waals surface area contributed by atoms with E-state index >= 15 is 0 Å². The van der Waals surface area contributed by atoms with Crippen molar-refractivity contribution in [1.29, 1.82) is 0 Å². The van der Waals surface area contributed by atoms with Gasteiger partial charge in [-0.25, -0.2) is 13.9 Å². The minimum atomic E-state index is -0.443. The zero-order valence-corrected chi connectivity index (χ0v) is 17.1. The molecular weight excluding hydrogens is 395 g/mol. The van der Waals surface area contributed by atoms with Crippen molar-refractivity contribution >= 4 is 18.5 Å². The third-order valence-electron chi connectivity index (χ3n) is 5.03. The molecule has 0 aliphatic heterocycles. The first-order valence-electron chi connectivity index (χ1n) is 9.40. The third-order valence-corrected chi connectivity index (χ3v) is 5.03. The van der Waals surface area contributed by atoms with Gasteiger partial charge in [0, 0.05) is 25.5 Å². The molecule has 4 rings (SSSR count). The van der Waals surface area contributed by atoms with E-state index in [2.05, 4.69) is 10.1 Å². The highest BCUT2D eigenvalue weighted by molar-refractivity contribution is 5.85. The van der Waals surface area contributed by atoms with Gasteiger partial charge in [0.15, 0.2) is 0 Å². The number of hydrogen-bond donors (Lipinski definition) is 0. The lowest BCUT2D eigenvalue weighted by Gasteiger charge is -2.20. The minimum Gasteiger partial charge on any atom is -0.389 e. The Balaban J connectivity index is 0.00000240. The third kappa shape index (κ3) is 3.82. The van der Waals surface area contributed by atoms with E-state index < -0.39 is 6.09 Å². The lowest BCUT2D eigenvalue weighted by molar-refractivity contribution is 0.155. The summed E-state index contributed by atoms with van der Waals surface area (Å²) in [6, 6.07) is 8.40. The smallest absolute Gasteiger partial charge is 0.389 e. The maximum atomic E-state index is 13.7. The van der Waals surface area contributed by atoms with E-state index in [0.717, 1.165) is 28.1 Å². The van der Waals surface area contributed by atoms with Gasteiger partial charge in [0.25, 0.3) is 5.88 Å². The molecular formula is C21H22ClFN4O2. The van der Waals surface area contributed by atoms with Gasteiger partial charge in [0.2, 0.25) is 0 Å². The highest BCUT2D eigenvalue weighted by Crippen LogP contribution is 2.41. The summed E-state index contributed by atoms with van der Waals surface area (Å²) in [6.07, 6.45) is 4.31. The second kappa shape index (κ2) is 8.61. The summed E-state index contributed by atoms with van der Waals surface area (Å²) in [6.45, 7) is 4.89. The molecule has 0 bridgehead atoms. The van der Waals surface area contributed by atoms with Crippen LogP contribution in [-0.2, 0) is 12.8 Å². The van der Waals surface area contributed by atoms with E-state index in [1.807, 2.05) is 26.0 Å². The molecule has 0 atom stereocenters. The maximum Gasteiger partial charge on any atom is 0.416 e. The molecule has 1 aromatic carbocycles. The molecule has 0 N–H and O–H groups in total. The fourth-order valence-electron chi connectivity index (χ4n) is 3.60.